The molecule has 142 valence electrons. The number of benzene rings is 2. The van der Waals surface area contributed by atoms with E-state index in [2.05, 4.69) is 6.07 Å². The zero-order chi connectivity index (χ0) is 20.0. The van der Waals surface area contributed by atoms with E-state index >= 15 is 0 Å². The van der Waals surface area contributed by atoms with Crippen LogP contribution in [-0.4, -0.2) is 38.2 Å². The van der Waals surface area contributed by atoms with Crippen molar-refractivity contribution in [2.45, 2.75) is 26.4 Å². The highest BCUT2D eigenvalue weighted by molar-refractivity contribution is 5.95. The third-order valence-corrected chi connectivity index (χ3v) is 4.23. The Balaban J connectivity index is 2.37. The van der Waals surface area contributed by atoms with Gasteiger partial charge in [-0.3, -0.25) is 4.79 Å². The van der Waals surface area contributed by atoms with Crippen LogP contribution in [0, 0.1) is 11.3 Å². The third kappa shape index (κ3) is 4.50. The molecule has 0 saturated carbocycles. The Bertz CT molecular complexity index is 813. The maximum atomic E-state index is 13.2. The van der Waals surface area contributed by atoms with Gasteiger partial charge in [0.05, 0.1) is 33.0 Å². The van der Waals surface area contributed by atoms with Crippen molar-refractivity contribution in [1.82, 2.24) is 4.90 Å². The van der Waals surface area contributed by atoms with E-state index < -0.39 is 0 Å². The topological polar surface area (TPSA) is 71.8 Å². The Labute approximate surface area is 159 Å². The monoisotopic (exact) mass is 368 g/mol. The van der Waals surface area contributed by atoms with Crippen LogP contribution in [-0.2, 0) is 6.54 Å². The van der Waals surface area contributed by atoms with Crippen molar-refractivity contribution < 1.29 is 19.0 Å². The molecule has 2 aromatic carbocycles. The fourth-order valence-electron chi connectivity index (χ4n) is 2.74. The number of rotatable bonds is 7. The summed E-state index contributed by atoms with van der Waals surface area (Å²) in [5, 5.41) is 8.93. The Hall–Kier alpha value is -3.20. The van der Waals surface area contributed by atoms with Gasteiger partial charge in [-0.15, -0.1) is 0 Å². The van der Waals surface area contributed by atoms with Crippen molar-refractivity contribution in [2.24, 2.45) is 0 Å². The first-order valence-corrected chi connectivity index (χ1v) is 8.55. The molecule has 0 atom stereocenters. The van der Waals surface area contributed by atoms with Crippen LogP contribution >= 0.6 is 0 Å². The van der Waals surface area contributed by atoms with Crippen LogP contribution in [0.5, 0.6) is 17.2 Å². The second-order valence-electron chi connectivity index (χ2n) is 6.25. The summed E-state index contributed by atoms with van der Waals surface area (Å²) < 4.78 is 16.0. The molecule has 0 aliphatic rings. The van der Waals surface area contributed by atoms with E-state index in [1.165, 1.54) is 21.3 Å². The summed E-state index contributed by atoms with van der Waals surface area (Å²) in [4.78, 5) is 14.9. The molecule has 0 heterocycles. The van der Waals surface area contributed by atoms with Gasteiger partial charge >= 0.3 is 0 Å². The molecule has 0 bridgehead atoms. The van der Waals surface area contributed by atoms with Crippen LogP contribution in [0.1, 0.15) is 35.3 Å². The molecule has 0 aliphatic heterocycles. The summed E-state index contributed by atoms with van der Waals surface area (Å²) >= 11 is 0. The lowest BCUT2D eigenvalue weighted by molar-refractivity contribution is 0.0689. The van der Waals surface area contributed by atoms with E-state index in [1.54, 1.807) is 29.2 Å². The Morgan fingerprint density at radius 1 is 1.04 bits per heavy atom. The van der Waals surface area contributed by atoms with Gasteiger partial charge in [-0.2, -0.15) is 5.26 Å². The lowest BCUT2D eigenvalue weighted by Crippen LogP contribution is -2.36. The fourth-order valence-corrected chi connectivity index (χ4v) is 2.74. The smallest absolute Gasteiger partial charge is 0.254 e. The number of nitriles is 1. The molecule has 0 unspecified atom stereocenters. The van der Waals surface area contributed by atoms with E-state index in [0.29, 0.717) is 34.9 Å². The van der Waals surface area contributed by atoms with Gasteiger partial charge in [0.15, 0.2) is 11.5 Å². The van der Waals surface area contributed by atoms with Gasteiger partial charge in [-0.1, -0.05) is 12.1 Å². The van der Waals surface area contributed by atoms with E-state index in [0.717, 1.165) is 5.56 Å². The zero-order valence-electron chi connectivity index (χ0n) is 16.3. The van der Waals surface area contributed by atoms with Crippen molar-refractivity contribution >= 4 is 5.91 Å². The Kier molecular flexibility index (Phi) is 6.67. The number of methoxy groups -OCH3 is 3. The predicted molar refractivity (Wildman–Crippen MR) is 102 cm³/mol. The number of hydrogen-bond acceptors (Lipinski definition) is 5. The van der Waals surface area contributed by atoms with Crippen molar-refractivity contribution in [2.75, 3.05) is 21.3 Å². The summed E-state index contributed by atoms with van der Waals surface area (Å²) in [5.41, 5.74) is 1.99. The molecule has 1 amide bonds. The molecule has 0 aromatic heterocycles. The highest BCUT2D eigenvalue weighted by Crippen LogP contribution is 2.38. The SMILES string of the molecule is COc1cc(C(=O)N(Cc2ccc(C#N)cc2)C(C)C)cc(OC)c1OC. The number of nitrogens with zero attached hydrogens (tertiary/aromatic N) is 2. The zero-order valence-corrected chi connectivity index (χ0v) is 16.3. The quantitative estimate of drug-likeness (QED) is 0.746. The summed E-state index contributed by atoms with van der Waals surface area (Å²) in [7, 11) is 4.55. The van der Waals surface area contributed by atoms with Gasteiger partial charge in [0.1, 0.15) is 0 Å². The van der Waals surface area contributed by atoms with Crippen LogP contribution in [0.2, 0.25) is 0 Å². The lowest BCUT2D eigenvalue weighted by atomic mass is 10.1. The molecule has 27 heavy (non-hydrogen) atoms. The van der Waals surface area contributed by atoms with Gasteiger partial charge in [0.25, 0.3) is 5.91 Å². The number of carbonyl (C=O) groups is 1. The van der Waals surface area contributed by atoms with Gasteiger partial charge in [0, 0.05) is 18.2 Å². The summed E-state index contributed by atoms with van der Waals surface area (Å²) in [6, 6.07) is 12.6. The molecule has 0 radical (unpaired) electrons. The average Bonchev–Trinajstić information content (AvgIpc) is 2.70. The molecule has 2 rings (SSSR count). The first kappa shape index (κ1) is 20.1. The first-order chi connectivity index (χ1) is 12.9. The van der Waals surface area contributed by atoms with Crippen molar-refractivity contribution in [3.05, 3.63) is 53.1 Å². The summed E-state index contributed by atoms with van der Waals surface area (Å²) in [6.07, 6.45) is 0. The molecule has 0 N–H and O–H groups in total. The molecule has 2 aromatic rings. The first-order valence-electron chi connectivity index (χ1n) is 8.55. The van der Waals surface area contributed by atoms with Gasteiger partial charge < -0.3 is 19.1 Å². The molecular formula is C21H24N2O4. The highest BCUT2D eigenvalue weighted by atomic mass is 16.5. The lowest BCUT2D eigenvalue weighted by Gasteiger charge is -2.27. The predicted octanol–water partition coefficient (Wildman–Crippen LogP) is 3.63. The number of hydrogen-bond donors (Lipinski definition) is 0. The van der Waals surface area contributed by atoms with Crippen LogP contribution in [0.25, 0.3) is 0 Å². The number of ether oxygens (including phenoxy) is 3. The molecule has 0 fully saturated rings. The van der Waals surface area contributed by atoms with E-state index in [1.807, 2.05) is 26.0 Å². The van der Waals surface area contributed by atoms with Crippen molar-refractivity contribution in [1.29, 1.82) is 5.26 Å². The average molecular weight is 368 g/mol. The minimum absolute atomic E-state index is 0.0211. The van der Waals surface area contributed by atoms with Gasteiger partial charge in [-0.05, 0) is 43.7 Å². The standard InChI is InChI=1S/C21H24N2O4/c1-14(2)23(13-16-8-6-15(12-22)7-9-16)21(24)17-10-18(25-3)20(27-5)19(11-17)26-4/h6-11,14H,13H2,1-5H3. The third-order valence-electron chi connectivity index (χ3n) is 4.23. The fraction of sp³-hybridized carbons (Fsp3) is 0.333. The summed E-state index contributed by atoms with van der Waals surface area (Å²) in [6.45, 7) is 4.35. The van der Waals surface area contributed by atoms with Crippen molar-refractivity contribution in [3.63, 3.8) is 0 Å². The van der Waals surface area contributed by atoms with Crippen LogP contribution < -0.4 is 14.2 Å². The maximum Gasteiger partial charge on any atom is 0.254 e. The highest BCUT2D eigenvalue weighted by Gasteiger charge is 2.23. The molecule has 0 aliphatic carbocycles. The van der Waals surface area contributed by atoms with Gasteiger partial charge in [-0.25, -0.2) is 0 Å². The van der Waals surface area contributed by atoms with Gasteiger partial charge in [0.2, 0.25) is 5.75 Å². The molecule has 0 spiro atoms. The molecule has 0 saturated heterocycles. The molecule has 6 nitrogen and oxygen atoms in total. The van der Waals surface area contributed by atoms with E-state index in [4.69, 9.17) is 19.5 Å². The van der Waals surface area contributed by atoms with E-state index in [9.17, 15) is 4.79 Å². The maximum absolute atomic E-state index is 13.2. The minimum atomic E-state index is -0.145. The summed E-state index contributed by atoms with van der Waals surface area (Å²) in [5.74, 6) is 1.16. The number of amides is 1. The normalized spacial score (nSPS) is 10.3. The largest absolute Gasteiger partial charge is 0.493 e. The minimum Gasteiger partial charge on any atom is -0.493 e. The Morgan fingerprint density at radius 2 is 1.59 bits per heavy atom. The second-order valence-corrected chi connectivity index (χ2v) is 6.25. The number of carbonyl (C=O) groups excluding carboxylic acids is 1. The second kappa shape index (κ2) is 8.95. The van der Waals surface area contributed by atoms with Crippen LogP contribution in [0.3, 0.4) is 0 Å². The van der Waals surface area contributed by atoms with Crippen LogP contribution in [0.4, 0.5) is 0 Å². The van der Waals surface area contributed by atoms with Crippen molar-refractivity contribution in [3.8, 4) is 23.3 Å². The Morgan fingerprint density at radius 3 is 2.00 bits per heavy atom. The molecular weight excluding hydrogens is 344 g/mol. The molecule has 6 heteroatoms. The van der Waals surface area contributed by atoms with E-state index in [-0.39, 0.29) is 11.9 Å². The van der Waals surface area contributed by atoms with Crippen LogP contribution in [0.15, 0.2) is 36.4 Å².